The fraction of sp³-hybridized carbons (Fsp3) is 0.429. The summed E-state index contributed by atoms with van der Waals surface area (Å²) in [6.45, 7) is 1.33. The van der Waals surface area contributed by atoms with Crippen LogP contribution in [0.15, 0.2) is 18.2 Å². The van der Waals surface area contributed by atoms with Crippen LogP contribution in [0.2, 0.25) is 4.34 Å². The number of methoxy groups -OCH3 is 1. The zero-order chi connectivity index (χ0) is 15.2. The van der Waals surface area contributed by atoms with Crippen molar-refractivity contribution in [2.24, 2.45) is 0 Å². The van der Waals surface area contributed by atoms with Crippen LogP contribution >= 0.6 is 22.9 Å². The summed E-state index contributed by atoms with van der Waals surface area (Å²) >= 11 is 7.25. The highest BCUT2D eigenvalue weighted by Gasteiger charge is 2.25. The minimum absolute atomic E-state index is 0.0994. The number of amides is 1. The van der Waals surface area contributed by atoms with E-state index in [1.165, 1.54) is 24.5 Å². The van der Waals surface area contributed by atoms with E-state index in [0.717, 1.165) is 4.88 Å². The molecular weight excluding hydrogens is 314 g/mol. The number of carbonyl (C=O) groups excluding carboxylic acids is 2. The molecule has 1 unspecified atom stereocenters. The second-order valence-electron chi connectivity index (χ2n) is 4.53. The Balaban J connectivity index is 1.89. The van der Waals surface area contributed by atoms with Crippen molar-refractivity contribution in [3.63, 3.8) is 0 Å². The second kappa shape index (κ2) is 7.59. The van der Waals surface area contributed by atoms with Gasteiger partial charge in [0.05, 0.1) is 30.6 Å². The molecule has 0 bridgehead atoms. The van der Waals surface area contributed by atoms with Crippen molar-refractivity contribution in [1.29, 1.82) is 0 Å². The number of esters is 1. The molecule has 1 amide bonds. The molecule has 1 aliphatic rings. The molecule has 0 spiro atoms. The van der Waals surface area contributed by atoms with Gasteiger partial charge in [0.2, 0.25) is 5.91 Å². The summed E-state index contributed by atoms with van der Waals surface area (Å²) in [7, 11) is 1.34. The Morgan fingerprint density at radius 2 is 2.38 bits per heavy atom. The van der Waals surface area contributed by atoms with Gasteiger partial charge >= 0.3 is 5.97 Å². The summed E-state index contributed by atoms with van der Waals surface area (Å²) in [6, 6.07) is 3.65. The lowest BCUT2D eigenvalue weighted by Gasteiger charge is -2.31. The molecule has 1 atom stereocenters. The van der Waals surface area contributed by atoms with E-state index < -0.39 is 0 Å². The van der Waals surface area contributed by atoms with Crippen LogP contribution < -0.4 is 0 Å². The lowest BCUT2D eigenvalue weighted by molar-refractivity contribution is -0.148. The molecule has 0 N–H and O–H groups in total. The summed E-state index contributed by atoms with van der Waals surface area (Å²) in [5.41, 5.74) is 0. The minimum atomic E-state index is -0.335. The molecule has 0 aliphatic carbocycles. The molecular formula is C14H16ClNO4S. The summed E-state index contributed by atoms with van der Waals surface area (Å²) in [4.78, 5) is 26.0. The van der Waals surface area contributed by atoms with E-state index in [1.54, 1.807) is 17.0 Å². The Labute approximate surface area is 132 Å². The van der Waals surface area contributed by atoms with Crippen molar-refractivity contribution in [1.82, 2.24) is 4.90 Å². The van der Waals surface area contributed by atoms with Gasteiger partial charge in [-0.15, -0.1) is 11.3 Å². The van der Waals surface area contributed by atoms with E-state index in [4.69, 9.17) is 16.3 Å². The predicted molar refractivity (Wildman–Crippen MR) is 81.3 cm³/mol. The number of carbonyl (C=O) groups is 2. The zero-order valence-corrected chi connectivity index (χ0v) is 13.2. The van der Waals surface area contributed by atoms with Gasteiger partial charge in [0.1, 0.15) is 0 Å². The summed E-state index contributed by atoms with van der Waals surface area (Å²) in [5, 5.41) is 0. The summed E-state index contributed by atoms with van der Waals surface area (Å²) in [6.07, 6.45) is 3.11. The van der Waals surface area contributed by atoms with Crippen LogP contribution in [-0.4, -0.2) is 49.7 Å². The van der Waals surface area contributed by atoms with Gasteiger partial charge in [-0.25, -0.2) is 0 Å². The number of ether oxygens (including phenoxy) is 2. The SMILES string of the molecule is COC(=O)CC1CN(C(=O)/C=C/c2ccc(Cl)s2)CCO1. The molecule has 2 rings (SSSR count). The number of morpholine rings is 1. The Kier molecular flexibility index (Phi) is 5.78. The summed E-state index contributed by atoms with van der Waals surface area (Å²) in [5.74, 6) is -0.434. The molecule has 0 radical (unpaired) electrons. The molecule has 1 aromatic heterocycles. The van der Waals surface area contributed by atoms with Crippen molar-refractivity contribution in [3.05, 3.63) is 27.4 Å². The smallest absolute Gasteiger partial charge is 0.308 e. The minimum Gasteiger partial charge on any atom is -0.469 e. The number of hydrogen-bond donors (Lipinski definition) is 0. The molecule has 2 heterocycles. The molecule has 1 aromatic rings. The van der Waals surface area contributed by atoms with Crippen molar-refractivity contribution in [2.75, 3.05) is 26.8 Å². The van der Waals surface area contributed by atoms with Crippen molar-refractivity contribution in [2.45, 2.75) is 12.5 Å². The molecule has 0 saturated carbocycles. The molecule has 114 valence electrons. The van der Waals surface area contributed by atoms with Gasteiger partial charge in [-0.05, 0) is 18.2 Å². The van der Waals surface area contributed by atoms with Gasteiger partial charge in [0, 0.05) is 24.0 Å². The van der Waals surface area contributed by atoms with E-state index in [9.17, 15) is 9.59 Å². The Morgan fingerprint density at radius 3 is 3.05 bits per heavy atom. The standard InChI is InChI=1S/C14H16ClNO4S/c1-19-14(18)8-10-9-16(6-7-20-10)13(17)5-3-11-2-4-12(15)21-11/h2-5,10H,6-9H2,1H3/b5-3+. The number of rotatable bonds is 4. The third-order valence-corrected chi connectivity index (χ3v) is 4.25. The van der Waals surface area contributed by atoms with E-state index >= 15 is 0 Å². The monoisotopic (exact) mass is 329 g/mol. The maximum absolute atomic E-state index is 12.1. The molecule has 0 aromatic carbocycles. The van der Waals surface area contributed by atoms with Crippen LogP contribution in [0.4, 0.5) is 0 Å². The highest BCUT2D eigenvalue weighted by molar-refractivity contribution is 7.17. The predicted octanol–water partition coefficient (Wildman–Crippen LogP) is 2.21. The van der Waals surface area contributed by atoms with E-state index in [-0.39, 0.29) is 24.4 Å². The van der Waals surface area contributed by atoms with Crippen molar-refractivity contribution < 1.29 is 19.1 Å². The first-order chi connectivity index (χ1) is 10.1. The summed E-state index contributed by atoms with van der Waals surface area (Å²) < 4.78 is 10.8. The van der Waals surface area contributed by atoms with E-state index in [2.05, 4.69) is 4.74 Å². The number of hydrogen-bond acceptors (Lipinski definition) is 5. The Hall–Kier alpha value is -1.37. The van der Waals surface area contributed by atoms with Crippen LogP contribution in [0.25, 0.3) is 6.08 Å². The molecule has 1 saturated heterocycles. The van der Waals surface area contributed by atoms with Gasteiger partial charge in [0.25, 0.3) is 0 Å². The van der Waals surface area contributed by atoms with Crippen LogP contribution in [0.3, 0.4) is 0 Å². The van der Waals surface area contributed by atoms with Crippen molar-refractivity contribution >= 4 is 40.9 Å². The Morgan fingerprint density at radius 1 is 1.57 bits per heavy atom. The van der Waals surface area contributed by atoms with Crippen LogP contribution in [-0.2, 0) is 19.1 Å². The van der Waals surface area contributed by atoms with Gasteiger partial charge in [0.15, 0.2) is 0 Å². The maximum atomic E-state index is 12.1. The van der Waals surface area contributed by atoms with E-state index in [0.29, 0.717) is 24.0 Å². The molecule has 21 heavy (non-hydrogen) atoms. The lowest BCUT2D eigenvalue weighted by atomic mass is 10.2. The Bertz CT molecular complexity index is 543. The third-order valence-electron chi connectivity index (χ3n) is 3.06. The van der Waals surface area contributed by atoms with Crippen LogP contribution in [0, 0.1) is 0 Å². The number of thiophene rings is 1. The molecule has 1 fully saturated rings. The highest BCUT2D eigenvalue weighted by Crippen LogP contribution is 2.22. The lowest BCUT2D eigenvalue weighted by Crippen LogP contribution is -2.45. The topological polar surface area (TPSA) is 55.8 Å². The fourth-order valence-electron chi connectivity index (χ4n) is 1.99. The van der Waals surface area contributed by atoms with Crippen LogP contribution in [0.5, 0.6) is 0 Å². The molecule has 7 heteroatoms. The second-order valence-corrected chi connectivity index (χ2v) is 6.28. The first kappa shape index (κ1) is 16.0. The first-order valence-corrected chi connectivity index (χ1v) is 7.68. The average molecular weight is 330 g/mol. The number of nitrogens with zero attached hydrogens (tertiary/aromatic N) is 1. The van der Waals surface area contributed by atoms with Crippen molar-refractivity contribution in [3.8, 4) is 0 Å². The van der Waals surface area contributed by atoms with Crippen LogP contribution in [0.1, 0.15) is 11.3 Å². The third kappa shape index (κ3) is 4.84. The van der Waals surface area contributed by atoms with Gasteiger partial charge in [-0.3, -0.25) is 9.59 Å². The van der Waals surface area contributed by atoms with Gasteiger partial charge in [-0.2, -0.15) is 0 Å². The molecule has 5 nitrogen and oxygen atoms in total. The maximum Gasteiger partial charge on any atom is 0.308 e. The quantitative estimate of drug-likeness (QED) is 0.628. The normalized spacial score (nSPS) is 19.0. The largest absolute Gasteiger partial charge is 0.469 e. The first-order valence-electron chi connectivity index (χ1n) is 6.49. The van der Waals surface area contributed by atoms with E-state index in [1.807, 2.05) is 6.07 Å². The molecule has 1 aliphatic heterocycles. The zero-order valence-electron chi connectivity index (χ0n) is 11.6. The highest BCUT2D eigenvalue weighted by atomic mass is 35.5. The average Bonchev–Trinajstić information content (AvgIpc) is 2.90. The van der Waals surface area contributed by atoms with Gasteiger partial charge in [-0.1, -0.05) is 11.6 Å². The van der Waals surface area contributed by atoms with Gasteiger partial charge < -0.3 is 14.4 Å². The fourth-order valence-corrected chi connectivity index (χ4v) is 2.95. The number of halogens is 1.